The fourth-order valence-corrected chi connectivity index (χ4v) is 2.79. The van der Waals surface area contributed by atoms with E-state index in [2.05, 4.69) is 5.32 Å². The van der Waals surface area contributed by atoms with Gasteiger partial charge in [-0.15, -0.1) is 0 Å². The lowest BCUT2D eigenvalue weighted by atomic mass is 10.00. The highest BCUT2D eigenvalue weighted by molar-refractivity contribution is 5.80. The van der Waals surface area contributed by atoms with Crippen molar-refractivity contribution < 1.29 is 19.1 Å². The number of hydrogen-bond donors (Lipinski definition) is 1. The zero-order valence-electron chi connectivity index (χ0n) is 17.6. The van der Waals surface area contributed by atoms with Crippen LogP contribution in [0.5, 0.6) is 0 Å². The van der Waals surface area contributed by atoms with Crippen LogP contribution < -0.4 is 5.32 Å². The van der Waals surface area contributed by atoms with Gasteiger partial charge in [0, 0.05) is 0 Å². The van der Waals surface area contributed by atoms with Crippen LogP contribution in [0.3, 0.4) is 0 Å². The molecule has 1 aromatic rings. The Hall–Kier alpha value is -1.88. The monoisotopic (exact) mass is 377 g/mol. The number of esters is 2. The molecule has 2 atom stereocenters. The molecule has 0 amide bonds. The lowest BCUT2D eigenvalue weighted by Crippen LogP contribution is -2.50. The van der Waals surface area contributed by atoms with Crippen molar-refractivity contribution in [2.45, 2.75) is 78.5 Å². The summed E-state index contributed by atoms with van der Waals surface area (Å²) in [7, 11) is 0. The summed E-state index contributed by atoms with van der Waals surface area (Å²) in [4.78, 5) is 25.1. The minimum absolute atomic E-state index is 0.284. The van der Waals surface area contributed by atoms with Crippen LogP contribution in [0.1, 0.15) is 59.9 Å². The number of rotatable bonds is 10. The average Bonchev–Trinajstić information content (AvgIpc) is 2.56. The van der Waals surface area contributed by atoms with E-state index in [9.17, 15) is 9.59 Å². The molecule has 1 aromatic carbocycles. The van der Waals surface area contributed by atoms with Gasteiger partial charge in [0.2, 0.25) is 0 Å². The maximum Gasteiger partial charge on any atom is 0.323 e. The maximum absolute atomic E-state index is 12.6. The van der Waals surface area contributed by atoms with Crippen LogP contribution in [0.4, 0.5) is 0 Å². The molecule has 0 aliphatic heterocycles. The molecule has 0 saturated heterocycles. The number of hydrogen-bond acceptors (Lipinski definition) is 5. The van der Waals surface area contributed by atoms with Crippen molar-refractivity contribution >= 4 is 11.9 Å². The van der Waals surface area contributed by atoms with Gasteiger partial charge in [-0.1, -0.05) is 44.2 Å². The van der Waals surface area contributed by atoms with Crippen molar-refractivity contribution in [3.05, 3.63) is 35.9 Å². The highest BCUT2D eigenvalue weighted by Gasteiger charge is 2.30. The Morgan fingerprint density at radius 1 is 1.04 bits per heavy atom. The molecular formula is C22H35NO4. The normalized spacial score (nSPS) is 13.9. The van der Waals surface area contributed by atoms with Crippen LogP contribution in [0.25, 0.3) is 0 Å². The fraction of sp³-hybridized carbons (Fsp3) is 0.636. The van der Waals surface area contributed by atoms with Gasteiger partial charge in [-0.3, -0.25) is 14.9 Å². The summed E-state index contributed by atoms with van der Waals surface area (Å²) >= 11 is 0. The lowest BCUT2D eigenvalue weighted by Gasteiger charge is -2.28. The van der Waals surface area contributed by atoms with E-state index in [1.807, 2.05) is 65.0 Å². The highest BCUT2D eigenvalue weighted by atomic mass is 16.6. The molecule has 5 nitrogen and oxygen atoms in total. The van der Waals surface area contributed by atoms with Gasteiger partial charge in [0.05, 0.1) is 6.61 Å². The van der Waals surface area contributed by atoms with Gasteiger partial charge in [0.1, 0.15) is 17.7 Å². The molecule has 0 aliphatic carbocycles. The third kappa shape index (κ3) is 9.57. The number of aryl methyl sites for hydroxylation is 1. The van der Waals surface area contributed by atoms with Gasteiger partial charge in [-0.25, -0.2) is 0 Å². The van der Waals surface area contributed by atoms with Crippen molar-refractivity contribution in [3.8, 4) is 0 Å². The van der Waals surface area contributed by atoms with Crippen LogP contribution in [-0.4, -0.2) is 36.2 Å². The van der Waals surface area contributed by atoms with E-state index >= 15 is 0 Å². The number of ether oxygens (including phenoxy) is 2. The fourth-order valence-electron chi connectivity index (χ4n) is 2.79. The molecule has 1 rings (SSSR count). The van der Waals surface area contributed by atoms with Crippen molar-refractivity contribution in [1.82, 2.24) is 5.32 Å². The van der Waals surface area contributed by atoms with Crippen LogP contribution in [0.2, 0.25) is 0 Å². The lowest BCUT2D eigenvalue weighted by molar-refractivity contribution is -0.159. The van der Waals surface area contributed by atoms with Crippen LogP contribution in [-0.2, 0) is 25.5 Å². The maximum atomic E-state index is 12.6. The number of carbonyl (C=O) groups is 2. The molecule has 0 heterocycles. The van der Waals surface area contributed by atoms with Crippen LogP contribution >= 0.6 is 0 Å². The smallest absolute Gasteiger partial charge is 0.323 e. The van der Waals surface area contributed by atoms with E-state index in [4.69, 9.17) is 9.47 Å². The van der Waals surface area contributed by atoms with Gasteiger partial charge in [-0.05, 0) is 58.4 Å². The summed E-state index contributed by atoms with van der Waals surface area (Å²) in [5.41, 5.74) is 0.573. The minimum atomic E-state index is -0.572. The van der Waals surface area contributed by atoms with Gasteiger partial charge in [-0.2, -0.15) is 0 Å². The Bertz CT molecular complexity index is 578. The highest BCUT2D eigenvalue weighted by Crippen LogP contribution is 2.15. The SMILES string of the molecule is CCOC(=O)C(CCc1ccccc1)N[C@@H](CC(C)C)C(=O)OC(C)(C)C. The average molecular weight is 378 g/mol. The first-order chi connectivity index (χ1) is 12.6. The van der Waals surface area contributed by atoms with Gasteiger partial charge >= 0.3 is 11.9 Å². The van der Waals surface area contributed by atoms with E-state index < -0.39 is 17.7 Å². The molecule has 5 heteroatoms. The zero-order chi connectivity index (χ0) is 20.4. The zero-order valence-corrected chi connectivity index (χ0v) is 17.6. The quantitative estimate of drug-likeness (QED) is 0.627. The second-order valence-corrected chi connectivity index (χ2v) is 8.21. The molecule has 1 N–H and O–H groups in total. The third-order valence-corrected chi connectivity index (χ3v) is 3.94. The molecule has 152 valence electrons. The van der Waals surface area contributed by atoms with E-state index in [0.717, 1.165) is 12.0 Å². The topological polar surface area (TPSA) is 64.6 Å². The van der Waals surface area contributed by atoms with E-state index in [0.29, 0.717) is 19.4 Å². The minimum Gasteiger partial charge on any atom is -0.465 e. The van der Waals surface area contributed by atoms with Crippen molar-refractivity contribution in [1.29, 1.82) is 0 Å². The van der Waals surface area contributed by atoms with E-state index in [-0.39, 0.29) is 17.9 Å². The van der Waals surface area contributed by atoms with Crippen LogP contribution in [0, 0.1) is 5.92 Å². The van der Waals surface area contributed by atoms with Crippen molar-refractivity contribution in [2.75, 3.05) is 6.61 Å². The van der Waals surface area contributed by atoms with Crippen LogP contribution in [0.15, 0.2) is 30.3 Å². The summed E-state index contributed by atoms with van der Waals surface area (Å²) < 4.78 is 10.8. The molecule has 0 aliphatic rings. The van der Waals surface area contributed by atoms with Crippen molar-refractivity contribution in [3.63, 3.8) is 0 Å². The molecular weight excluding hydrogens is 342 g/mol. The molecule has 0 bridgehead atoms. The predicted octanol–water partition coefficient (Wildman–Crippen LogP) is 3.90. The first-order valence-electron chi connectivity index (χ1n) is 9.81. The largest absolute Gasteiger partial charge is 0.465 e. The number of nitrogens with one attached hydrogen (secondary N) is 1. The number of benzene rings is 1. The van der Waals surface area contributed by atoms with E-state index in [1.165, 1.54) is 0 Å². The second kappa shape index (κ2) is 11.1. The summed E-state index contributed by atoms with van der Waals surface area (Å²) in [6.07, 6.45) is 1.87. The molecule has 0 radical (unpaired) electrons. The molecule has 1 unspecified atom stereocenters. The third-order valence-electron chi connectivity index (χ3n) is 3.94. The Morgan fingerprint density at radius 3 is 2.19 bits per heavy atom. The summed E-state index contributed by atoms with van der Waals surface area (Å²) in [5.74, 6) is -0.372. The predicted molar refractivity (Wildman–Crippen MR) is 107 cm³/mol. The Morgan fingerprint density at radius 2 is 1.67 bits per heavy atom. The van der Waals surface area contributed by atoms with Gasteiger partial charge < -0.3 is 9.47 Å². The van der Waals surface area contributed by atoms with E-state index in [1.54, 1.807) is 6.92 Å². The first kappa shape index (κ1) is 23.2. The summed E-state index contributed by atoms with van der Waals surface area (Å²) in [6.45, 7) is 11.7. The van der Waals surface area contributed by atoms with Gasteiger partial charge in [0.25, 0.3) is 0 Å². The Labute approximate surface area is 163 Å². The molecule has 0 fully saturated rings. The van der Waals surface area contributed by atoms with Crippen molar-refractivity contribution in [2.24, 2.45) is 5.92 Å². The standard InChI is InChI=1S/C22H35NO4/c1-7-26-20(24)18(14-13-17-11-9-8-10-12-17)23-19(15-16(2)3)21(25)27-22(4,5)6/h8-12,16,18-19,23H,7,13-15H2,1-6H3/t18?,19-/m0/s1. The van der Waals surface area contributed by atoms with Gasteiger partial charge in [0.15, 0.2) is 0 Å². The number of carbonyl (C=O) groups excluding carboxylic acids is 2. The molecule has 27 heavy (non-hydrogen) atoms. The Kier molecular flexibility index (Phi) is 9.50. The molecule has 0 aromatic heterocycles. The first-order valence-corrected chi connectivity index (χ1v) is 9.81. The second-order valence-electron chi connectivity index (χ2n) is 8.21. The molecule has 0 saturated carbocycles. The molecule has 0 spiro atoms. The Balaban J connectivity index is 2.88. The summed E-state index contributed by atoms with van der Waals surface area (Å²) in [5, 5.41) is 3.21. The summed E-state index contributed by atoms with van der Waals surface area (Å²) in [6, 6.07) is 8.88.